The zero-order chi connectivity index (χ0) is 3.58. The molecule has 7 heavy (non-hydrogen) atoms. The Balaban J connectivity index is -0.0000000150. The van der Waals surface area contributed by atoms with Crippen LogP contribution in [0.25, 0.3) is 0 Å². The van der Waals surface area contributed by atoms with Gasteiger partial charge >= 0.3 is 35.7 Å². The van der Waals surface area contributed by atoms with Crippen LogP contribution in [-0.2, 0) is 17.1 Å². The van der Waals surface area contributed by atoms with Crippen LogP contribution >= 0.6 is 9.90 Å². The van der Waals surface area contributed by atoms with Gasteiger partial charge in [-0.3, -0.25) is 0 Å². The fourth-order valence-corrected chi connectivity index (χ4v) is 0. The summed E-state index contributed by atoms with van der Waals surface area (Å²) in [4.78, 5) is 8.56. The van der Waals surface area contributed by atoms with Gasteiger partial charge in [0.2, 0.25) is 0 Å². The standard InChI is InChI=1S/CH2O3.Mn.Na.H3P.H/c2-1(3)4;;;;/h(H2,2,3,4);;;1H3;. The quantitative estimate of drug-likeness (QED) is 0.390. The van der Waals surface area contributed by atoms with Gasteiger partial charge in [-0.25, -0.2) is 4.79 Å². The van der Waals surface area contributed by atoms with Gasteiger partial charge in [0.05, 0.1) is 0 Å². The molecule has 0 aromatic rings. The molecule has 41 valence electrons. The Labute approximate surface area is 77.2 Å². The van der Waals surface area contributed by atoms with Crippen LogP contribution in [0.15, 0.2) is 0 Å². The van der Waals surface area contributed by atoms with Gasteiger partial charge in [-0.2, -0.15) is 9.90 Å². The van der Waals surface area contributed by atoms with Crippen LogP contribution in [0.2, 0.25) is 0 Å². The third kappa shape index (κ3) is 132. The van der Waals surface area contributed by atoms with Gasteiger partial charge in [-0.1, -0.05) is 0 Å². The van der Waals surface area contributed by atoms with E-state index in [-0.39, 0.29) is 56.5 Å². The molecule has 0 heterocycles. The van der Waals surface area contributed by atoms with Gasteiger partial charge in [-0.05, 0) is 0 Å². The molecule has 0 spiro atoms. The van der Waals surface area contributed by atoms with Crippen molar-refractivity contribution in [3.63, 3.8) is 0 Å². The van der Waals surface area contributed by atoms with Gasteiger partial charge in [0.1, 0.15) is 0 Å². The van der Waals surface area contributed by atoms with E-state index in [4.69, 9.17) is 15.0 Å². The SMILES string of the molecule is O=C(O)O.P.[Mn].[NaH]. The van der Waals surface area contributed by atoms with Crippen molar-refractivity contribution in [1.82, 2.24) is 0 Å². The van der Waals surface area contributed by atoms with E-state index in [2.05, 4.69) is 0 Å². The van der Waals surface area contributed by atoms with Crippen molar-refractivity contribution in [3.05, 3.63) is 0 Å². The van der Waals surface area contributed by atoms with Gasteiger partial charge in [-0.15, -0.1) is 0 Å². The topological polar surface area (TPSA) is 57.5 Å². The first-order valence-corrected chi connectivity index (χ1v) is 0.651. The summed E-state index contributed by atoms with van der Waals surface area (Å²) < 4.78 is 0. The maximum absolute atomic E-state index is 8.56. The minimum absolute atomic E-state index is 0. The van der Waals surface area contributed by atoms with Crippen molar-refractivity contribution in [2.75, 3.05) is 0 Å². The van der Waals surface area contributed by atoms with Gasteiger partial charge in [0.25, 0.3) is 0 Å². The zero-order valence-electron chi connectivity index (χ0n) is 2.89. The van der Waals surface area contributed by atoms with Crippen LogP contribution in [0.5, 0.6) is 0 Å². The van der Waals surface area contributed by atoms with E-state index in [9.17, 15) is 0 Å². The molecule has 0 aliphatic carbocycles. The van der Waals surface area contributed by atoms with Crippen LogP contribution in [0, 0.1) is 0 Å². The average molecular weight is 175 g/mol. The molecule has 1 unspecified atom stereocenters. The van der Waals surface area contributed by atoms with Crippen molar-refractivity contribution in [2.24, 2.45) is 0 Å². The second kappa shape index (κ2) is 15.7. The van der Waals surface area contributed by atoms with Crippen LogP contribution in [0.1, 0.15) is 0 Å². The zero-order valence-corrected chi connectivity index (χ0v) is 5.48. The predicted molar refractivity (Wildman–Crippen MR) is 28.9 cm³/mol. The summed E-state index contributed by atoms with van der Waals surface area (Å²) in [6.45, 7) is 0. The number of hydrogen-bond acceptors (Lipinski definition) is 1. The molecule has 0 aromatic carbocycles. The molecule has 0 amide bonds. The van der Waals surface area contributed by atoms with Crippen molar-refractivity contribution >= 4 is 45.6 Å². The molecule has 0 rings (SSSR count). The van der Waals surface area contributed by atoms with E-state index >= 15 is 0 Å². The fourth-order valence-electron chi connectivity index (χ4n) is 0. The van der Waals surface area contributed by atoms with E-state index in [1.165, 1.54) is 0 Å². The molecular formula is CH6MnNaO3P. The Morgan fingerprint density at radius 3 is 1.29 bits per heavy atom. The van der Waals surface area contributed by atoms with Gasteiger partial charge < -0.3 is 10.2 Å². The molecule has 6 heteroatoms. The molecule has 0 fully saturated rings. The monoisotopic (exact) mass is 175 g/mol. The van der Waals surface area contributed by atoms with Crippen molar-refractivity contribution in [1.29, 1.82) is 0 Å². The van der Waals surface area contributed by atoms with E-state index in [0.29, 0.717) is 0 Å². The van der Waals surface area contributed by atoms with Crippen molar-refractivity contribution in [3.8, 4) is 0 Å². The van der Waals surface area contributed by atoms with E-state index in [0.717, 1.165) is 0 Å². The Morgan fingerprint density at radius 2 is 1.29 bits per heavy atom. The molecule has 2 N–H and O–H groups in total. The first-order valence-electron chi connectivity index (χ1n) is 0.651. The molecule has 0 aliphatic rings. The molecule has 1 radical (unpaired) electrons. The third-order valence-corrected chi connectivity index (χ3v) is 0. The summed E-state index contributed by atoms with van der Waals surface area (Å²) in [6, 6.07) is 0. The van der Waals surface area contributed by atoms with Crippen LogP contribution in [0.4, 0.5) is 4.79 Å². The third-order valence-electron chi connectivity index (χ3n) is 0. The number of rotatable bonds is 0. The first kappa shape index (κ1) is 24.1. The summed E-state index contributed by atoms with van der Waals surface area (Å²) in [5.74, 6) is 0. The van der Waals surface area contributed by atoms with Crippen LogP contribution < -0.4 is 0 Å². The number of hydrogen-bond donors (Lipinski definition) is 2. The maximum atomic E-state index is 8.56. The molecule has 0 saturated heterocycles. The summed E-state index contributed by atoms with van der Waals surface area (Å²) in [5.41, 5.74) is 0. The molecule has 3 nitrogen and oxygen atoms in total. The number of carbonyl (C=O) groups is 1. The van der Waals surface area contributed by atoms with Crippen molar-refractivity contribution < 1.29 is 32.1 Å². The van der Waals surface area contributed by atoms with E-state index in [1.807, 2.05) is 0 Å². The molecule has 0 bridgehead atoms. The summed E-state index contributed by atoms with van der Waals surface area (Å²) in [5, 5.41) is 13.9. The predicted octanol–water partition coefficient (Wildman–Crippen LogP) is -0.371. The van der Waals surface area contributed by atoms with Crippen LogP contribution in [-0.4, -0.2) is 45.9 Å². The van der Waals surface area contributed by atoms with Crippen LogP contribution in [0.3, 0.4) is 0 Å². The minimum atomic E-state index is -1.83. The fraction of sp³-hybridized carbons (Fsp3) is 0. The second-order valence-corrected chi connectivity index (χ2v) is 0.283. The molecule has 1 atom stereocenters. The Hall–Kier alpha value is 1.22. The summed E-state index contributed by atoms with van der Waals surface area (Å²) >= 11 is 0. The van der Waals surface area contributed by atoms with Gasteiger partial charge in [0, 0.05) is 17.1 Å². The molecule has 0 aliphatic heterocycles. The Morgan fingerprint density at radius 1 is 1.29 bits per heavy atom. The first-order chi connectivity index (χ1) is 1.73. The van der Waals surface area contributed by atoms with E-state index < -0.39 is 6.16 Å². The van der Waals surface area contributed by atoms with Crippen molar-refractivity contribution in [2.45, 2.75) is 0 Å². The Kier molecular flexibility index (Phi) is 53.9. The Bertz CT molecular complexity index is 37.9. The average Bonchev–Trinajstić information content (AvgIpc) is 0.811. The molecule has 0 saturated carbocycles. The van der Waals surface area contributed by atoms with E-state index in [1.54, 1.807) is 0 Å². The summed E-state index contributed by atoms with van der Waals surface area (Å²) in [6.07, 6.45) is -1.83. The van der Waals surface area contributed by atoms with Gasteiger partial charge in [0.15, 0.2) is 0 Å². The molecule has 0 aromatic heterocycles. The normalized spacial score (nSPS) is 3.43. The molecular weight excluding hydrogens is 169 g/mol. The second-order valence-electron chi connectivity index (χ2n) is 0.283. The summed E-state index contributed by atoms with van der Waals surface area (Å²) in [7, 11) is 0. The number of carboxylic acid groups (broad SMARTS) is 2.